The molecule has 18 heavy (non-hydrogen) atoms. The summed E-state index contributed by atoms with van der Waals surface area (Å²) in [5.74, 6) is 1.14. The summed E-state index contributed by atoms with van der Waals surface area (Å²) in [6.07, 6.45) is 1.94. The minimum absolute atomic E-state index is 0.263. The van der Waals surface area contributed by atoms with Crippen LogP contribution in [0.3, 0.4) is 0 Å². The zero-order valence-electron chi connectivity index (χ0n) is 10.2. The number of nitrogens with one attached hydrogen (secondary N) is 1. The molecule has 0 atom stereocenters. The van der Waals surface area contributed by atoms with Gasteiger partial charge in [-0.2, -0.15) is 10.1 Å². The molecule has 0 aliphatic rings. The average Bonchev–Trinajstić information content (AvgIpc) is 2.87. The van der Waals surface area contributed by atoms with Crippen molar-refractivity contribution in [3.8, 4) is 0 Å². The van der Waals surface area contributed by atoms with Gasteiger partial charge in [-0.15, -0.1) is 0 Å². The topological polar surface area (TPSA) is 112 Å². The van der Waals surface area contributed by atoms with E-state index >= 15 is 0 Å². The van der Waals surface area contributed by atoms with Gasteiger partial charge in [-0.3, -0.25) is 9.48 Å². The van der Waals surface area contributed by atoms with Crippen LogP contribution in [-0.4, -0.2) is 32.4 Å². The van der Waals surface area contributed by atoms with E-state index in [4.69, 9.17) is 10.3 Å². The lowest BCUT2D eigenvalue weighted by Crippen LogP contribution is -2.26. The monoisotopic (exact) mass is 250 g/mol. The molecule has 2 rings (SSSR count). The molecule has 0 saturated carbocycles. The van der Waals surface area contributed by atoms with E-state index in [9.17, 15) is 4.79 Å². The van der Waals surface area contributed by atoms with Crippen molar-refractivity contribution in [2.24, 2.45) is 7.05 Å². The Morgan fingerprint density at radius 1 is 1.61 bits per heavy atom. The predicted octanol–water partition coefficient (Wildman–Crippen LogP) is -0.334. The van der Waals surface area contributed by atoms with E-state index in [0.717, 1.165) is 0 Å². The molecular weight excluding hydrogens is 236 g/mol. The first-order valence-corrected chi connectivity index (χ1v) is 5.43. The molecule has 0 aliphatic carbocycles. The van der Waals surface area contributed by atoms with Crippen molar-refractivity contribution in [1.82, 2.24) is 25.2 Å². The zero-order chi connectivity index (χ0) is 13.1. The van der Waals surface area contributed by atoms with Crippen molar-refractivity contribution in [2.75, 3.05) is 12.3 Å². The SMILES string of the molecule is Cc1nc(CCNC(=O)c2cnn(C)c2N)no1. The molecule has 0 aromatic carbocycles. The van der Waals surface area contributed by atoms with Crippen molar-refractivity contribution in [1.29, 1.82) is 0 Å². The van der Waals surface area contributed by atoms with E-state index in [0.29, 0.717) is 36.1 Å². The Kier molecular flexibility index (Phi) is 3.26. The fourth-order valence-electron chi connectivity index (χ4n) is 1.45. The number of anilines is 1. The number of nitrogens with zero attached hydrogens (tertiary/aromatic N) is 4. The predicted molar refractivity (Wildman–Crippen MR) is 62.7 cm³/mol. The quantitative estimate of drug-likeness (QED) is 0.768. The van der Waals surface area contributed by atoms with Crippen molar-refractivity contribution in [3.05, 3.63) is 23.5 Å². The Morgan fingerprint density at radius 3 is 2.94 bits per heavy atom. The summed E-state index contributed by atoms with van der Waals surface area (Å²) in [6.45, 7) is 2.12. The highest BCUT2D eigenvalue weighted by atomic mass is 16.5. The van der Waals surface area contributed by atoms with Gasteiger partial charge in [0.05, 0.1) is 6.20 Å². The molecule has 8 nitrogen and oxygen atoms in total. The molecule has 8 heteroatoms. The van der Waals surface area contributed by atoms with Crippen LogP contribution in [0.5, 0.6) is 0 Å². The first-order chi connectivity index (χ1) is 8.58. The number of carbonyl (C=O) groups excluding carboxylic acids is 1. The standard InChI is InChI=1S/C10H14N6O2/c1-6-14-8(15-18-6)3-4-12-10(17)7-5-13-16(2)9(7)11/h5H,3-4,11H2,1-2H3,(H,12,17). The molecule has 0 spiro atoms. The van der Waals surface area contributed by atoms with Gasteiger partial charge in [-0.25, -0.2) is 0 Å². The molecule has 0 unspecified atom stereocenters. The number of aromatic nitrogens is 4. The number of hydrogen-bond donors (Lipinski definition) is 2. The maximum Gasteiger partial charge on any atom is 0.256 e. The molecule has 1 amide bonds. The van der Waals surface area contributed by atoms with Gasteiger partial charge in [-0.1, -0.05) is 5.16 Å². The van der Waals surface area contributed by atoms with Crippen LogP contribution in [0.15, 0.2) is 10.7 Å². The van der Waals surface area contributed by atoms with Crippen molar-refractivity contribution >= 4 is 11.7 Å². The summed E-state index contributed by atoms with van der Waals surface area (Å²) in [6, 6.07) is 0. The van der Waals surface area contributed by atoms with E-state index in [-0.39, 0.29) is 5.91 Å². The largest absolute Gasteiger partial charge is 0.383 e. The molecule has 2 aromatic heterocycles. The molecule has 0 bridgehead atoms. The Bertz CT molecular complexity index is 558. The van der Waals surface area contributed by atoms with E-state index in [1.165, 1.54) is 10.9 Å². The summed E-state index contributed by atoms with van der Waals surface area (Å²) in [7, 11) is 1.67. The number of nitrogens with two attached hydrogens (primary N) is 1. The van der Waals surface area contributed by atoms with Crippen LogP contribution in [0.1, 0.15) is 22.1 Å². The van der Waals surface area contributed by atoms with Crippen LogP contribution in [0.4, 0.5) is 5.82 Å². The smallest absolute Gasteiger partial charge is 0.256 e. The van der Waals surface area contributed by atoms with Gasteiger partial charge >= 0.3 is 0 Å². The summed E-state index contributed by atoms with van der Waals surface area (Å²) in [5.41, 5.74) is 6.05. The molecule has 2 aromatic rings. The van der Waals surface area contributed by atoms with E-state index in [2.05, 4.69) is 20.6 Å². The second kappa shape index (κ2) is 4.86. The lowest BCUT2D eigenvalue weighted by atomic mass is 10.3. The first kappa shape index (κ1) is 12.1. The van der Waals surface area contributed by atoms with E-state index in [1.807, 2.05) is 0 Å². The van der Waals surface area contributed by atoms with Crippen LogP contribution in [-0.2, 0) is 13.5 Å². The normalized spacial score (nSPS) is 10.6. The molecule has 2 heterocycles. The van der Waals surface area contributed by atoms with Crippen molar-refractivity contribution < 1.29 is 9.32 Å². The first-order valence-electron chi connectivity index (χ1n) is 5.43. The maximum absolute atomic E-state index is 11.8. The van der Waals surface area contributed by atoms with Crippen LogP contribution in [0.25, 0.3) is 0 Å². The second-order valence-corrected chi connectivity index (χ2v) is 3.80. The van der Waals surface area contributed by atoms with Crippen LogP contribution >= 0.6 is 0 Å². The number of rotatable bonds is 4. The van der Waals surface area contributed by atoms with E-state index < -0.39 is 0 Å². The average molecular weight is 250 g/mol. The fourth-order valence-corrected chi connectivity index (χ4v) is 1.45. The number of nitrogen functional groups attached to an aromatic ring is 1. The second-order valence-electron chi connectivity index (χ2n) is 3.80. The summed E-state index contributed by atoms with van der Waals surface area (Å²) in [5, 5.41) is 10.3. The van der Waals surface area contributed by atoms with Gasteiger partial charge in [0.1, 0.15) is 11.4 Å². The van der Waals surface area contributed by atoms with Crippen molar-refractivity contribution in [3.63, 3.8) is 0 Å². The Morgan fingerprint density at radius 2 is 2.39 bits per heavy atom. The Hall–Kier alpha value is -2.38. The molecule has 0 radical (unpaired) electrons. The highest BCUT2D eigenvalue weighted by molar-refractivity contribution is 5.98. The Balaban J connectivity index is 1.87. The van der Waals surface area contributed by atoms with E-state index in [1.54, 1.807) is 14.0 Å². The van der Waals surface area contributed by atoms with Crippen LogP contribution < -0.4 is 11.1 Å². The van der Waals surface area contributed by atoms with Crippen LogP contribution in [0, 0.1) is 6.92 Å². The zero-order valence-corrected chi connectivity index (χ0v) is 10.2. The highest BCUT2D eigenvalue weighted by Crippen LogP contribution is 2.08. The number of hydrogen-bond acceptors (Lipinski definition) is 6. The lowest BCUT2D eigenvalue weighted by molar-refractivity contribution is 0.0954. The lowest BCUT2D eigenvalue weighted by Gasteiger charge is -2.02. The van der Waals surface area contributed by atoms with Gasteiger partial charge in [0.25, 0.3) is 5.91 Å². The third kappa shape index (κ3) is 2.47. The fraction of sp³-hybridized carbons (Fsp3) is 0.400. The molecule has 0 fully saturated rings. The molecular formula is C10H14N6O2. The molecule has 0 aliphatic heterocycles. The Labute approximate surface area is 103 Å². The number of carbonyl (C=O) groups is 1. The van der Waals surface area contributed by atoms with Gasteiger partial charge in [0.2, 0.25) is 5.89 Å². The van der Waals surface area contributed by atoms with Gasteiger partial charge < -0.3 is 15.6 Å². The maximum atomic E-state index is 11.8. The number of aryl methyl sites for hydroxylation is 2. The minimum atomic E-state index is -0.263. The van der Waals surface area contributed by atoms with Crippen molar-refractivity contribution in [2.45, 2.75) is 13.3 Å². The third-order valence-corrected chi connectivity index (χ3v) is 2.43. The molecule has 3 N–H and O–H groups in total. The summed E-state index contributed by atoms with van der Waals surface area (Å²) in [4.78, 5) is 15.8. The van der Waals surface area contributed by atoms with Gasteiger partial charge in [0.15, 0.2) is 5.82 Å². The van der Waals surface area contributed by atoms with Crippen LogP contribution in [0.2, 0.25) is 0 Å². The van der Waals surface area contributed by atoms with Gasteiger partial charge in [0, 0.05) is 26.9 Å². The summed E-state index contributed by atoms with van der Waals surface area (Å²) < 4.78 is 6.26. The molecule has 96 valence electrons. The molecule has 0 saturated heterocycles. The van der Waals surface area contributed by atoms with Gasteiger partial charge in [-0.05, 0) is 0 Å². The summed E-state index contributed by atoms with van der Waals surface area (Å²) >= 11 is 0. The number of amides is 1. The minimum Gasteiger partial charge on any atom is -0.383 e. The third-order valence-electron chi connectivity index (χ3n) is 2.43. The highest BCUT2D eigenvalue weighted by Gasteiger charge is 2.13.